The number of nitrogens with one attached hydrogen (secondary N) is 1. The van der Waals surface area contributed by atoms with E-state index in [-0.39, 0.29) is 5.54 Å². The molecule has 0 aliphatic heterocycles. The molecule has 1 aromatic heterocycles. The Morgan fingerprint density at radius 1 is 1.30 bits per heavy atom. The number of likely N-dealkylation sites (N-methyl/N-ethyl adjacent to an activating group) is 1. The average molecular weight is 286 g/mol. The molecule has 20 heavy (non-hydrogen) atoms. The molecule has 0 bridgehead atoms. The fourth-order valence-corrected chi connectivity index (χ4v) is 4.42. The molecular formula is C17H22N2S. The van der Waals surface area contributed by atoms with Crippen molar-refractivity contribution in [3.8, 4) is 0 Å². The molecule has 1 aliphatic carbocycles. The van der Waals surface area contributed by atoms with Crippen LogP contribution in [-0.2, 0) is 24.8 Å². The van der Waals surface area contributed by atoms with E-state index in [0.717, 1.165) is 25.7 Å². The number of rotatable bonds is 3. The third kappa shape index (κ3) is 2.19. The molecule has 106 valence electrons. The van der Waals surface area contributed by atoms with Crippen LogP contribution >= 0.6 is 11.3 Å². The highest BCUT2D eigenvalue weighted by Crippen LogP contribution is 2.38. The van der Waals surface area contributed by atoms with Crippen molar-refractivity contribution in [3.63, 3.8) is 0 Å². The summed E-state index contributed by atoms with van der Waals surface area (Å²) in [7, 11) is 2.08. The molecule has 0 fully saturated rings. The molecule has 0 radical (unpaired) electrons. The molecule has 1 aromatic carbocycles. The largest absolute Gasteiger partial charge is 0.308 e. The fourth-order valence-electron chi connectivity index (χ4n) is 3.20. The Morgan fingerprint density at radius 2 is 2.05 bits per heavy atom. The predicted molar refractivity (Wildman–Crippen MR) is 85.4 cm³/mol. The molecule has 0 saturated heterocycles. The summed E-state index contributed by atoms with van der Waals surface area (Å²) in [6.45, 7) is 4.38. The van der Waals surface area contributed by atoms with Crippen LogP contribution in [0, 0.1) is 6.92 Å². The minimum absolute atomic E-state index is 0.0250. The SMILES string of the molecule is CCc1nc(C2(NC)CCc3ccccc3C2)sc1C. The van der Waals surface area contributed by atoms with Gasteiger partial charge in [0.25, 0.3) is 0 Å². The van der Waals surface area contributed by atoms with Crippen LogP contribution in [0.25, 0.3) is 0 Å². The minimum Gasteiger partial charge on any atom is -0.308 e. The lowest BCUT2D eigenvalue weighted by Gasteiger charge is -2.36. The first-order chi connectivity index (χ1) is 9.68. The summed E-state index contributed by atoms with van der Waals surface area (Å²) in [4.78, 5) is 6.30. The molecule has 2 aromatic rings. The first-order valence-corrected chi connectivity index (χ1v) is 8.22. The monoisotopic (exact) mass is 286 g/mol. The maximum Gasteiger partial charge on any atom is 0.114 e. The van der Waals surface area contributed by atoms with E-state index < -0.39 is 0 Å². The molecular weight excluding hydrogens is 264 g/mol. The highest BCUT2D eigenvalue weighted by atomic mass is 32.1. The van der Waals surface area contributed by atoms with Crippen LogP contribution in [0.15, 0.2) is 24.3 Å². The van der Waals surface area contributed by atoms with Gasteiger partial charge in [0, 0.05) is 4.88 Å². The van der Waals surface area contributed by atoms with Crippen LogP contribution < -0.4 is 5.32 Å². The maximum atomic E-state index is 4.92. The van der Waals surface area contributed by atoms with Crippen molar-refractivity contribution < 1.29 is 0 Å². The average Bonchev–Trinajstić information content (AvgIpc) is 2.88. The zero-order chi connectivity index (χ0) is 14.2. The summed E-state index contributed by atoms with van der Waals surface area (Å²) in [5.41, 5.74) is 4.26. The summed E-state index contributed by atoms with van der Waals surface area (Å²) >= 11 is 1.87. The molecule has 1 N–H and O–H groups in total. The predicted octanol–water partition coefficient (Wildman–Crippen LogP) is 3.62. The van der Waals surface area contributed by atoms with Gasteiger partial charge in [-0.3, -0.25) is 0 Å². The number of aromatic nitrogens is 1. The van der Waals surface area contributed by atoms with Crippen LogP contribution in [0.1, 0.15) is 40.1 Å². The number of hydrogen-bond acceptors (Lipinski definition) is 3. The van der Waals surface area contributed by atoms with Crippen molar-refractivity contribution in [3.05, 3.63) is 51.0 Å². The van der Waals surface area contributed by atoms with Crippen LogP contribution in [0.5, 0.6) is 0 Å². The second kappa shape index (κ2) is 5.30. The van der Waals surface area contributed by atoms with Gasteiger partial charge in [-0.15, -0.1) is 11.3 Å². The van der Waals surface area contributed by atoms with Crippen molar-refractivity contribution in [2.24, 2.45) is 0 Å². The Morgan fingerprint density at radius 3 is 2.70 bits per heavy atom. The third-order valence-electron chi connectivity index (χ3n) is 4.55. The van der Waals surface area contributed by atoms with Crippen LogP contribution in [0.4, 0.5) is 0 Å². The molecule has 0 amide bonds. The van der Waals surface area contributed by atoms with E-state index in [4.69, 9.17) is 4.98 Å². The zero-order valence-electron chi connectivity index (χ0n) is 12.5. The Balaban J connectivity index is 2.01. The van der Waals surface area contributed by atoms with Gasteiger partial charge >= 0.3 is 0 Å². The topological polar surface area (TPSA) is 24.9 Å². The van der Waals surface area contributed by atoms with E-state index in [0.29, 0.717) is 0 Å². The molecule has 3 heteroatoms. The van der Waals surface area contributed by atoms with E-state index in [1.807, 2.05) is 11.3 Å². The van der Waals surface area contributed by atoms with Crippen molar-refractivity contribution in [1.82, 2.24) is 10.3 Å². The quantitative estimate of drug-likeness (QED) is 0.932. The van der Waals surface area contributed by atoms with Crippen molar-refractivity contribution >= 4 is 11.3 Å². The Kier molecular flexibility index (Phi) is 3.65. The van der Waals surface area contributed by atoms with Crippen LogP contribution in [-0.4, -0.2) is 12.0 Å². The summed E-state index contributed by atoms with van der Waals surface area (Å²) < 4.78 is 0. The lowest BCUT2D eigenvalue weighted by Crippen LogP contribution is -2.44. The molecule has 1 unspecified atom stereocenters. The van der Waals surface area contributed by atoms with E-state index in [9.17, 15) is 0 Å². The van der Waals surface area contributed by atoms with Crippen LogP contribution in [0.2, 0.25) is 0 Å². The maximum absolute atomic E-state index is 4.92. The van der Waals surface area contributed by atoms with Gasteiger partial charge < -0.3 is 5.32 Å². The van der Waals surface area contributed by atoms with Crippen molar-refractivity contribution in [2.45, 2.75) is 45.1 Å². The van der Waals surface area contributed by atoms with Gasteiger partial charge in [-0.25, -0.2) is 4.98 Å². The molecule has 2 nitrogen and oxygen atoms in total. The van der Waals surface area contributed by atoms with Crippen LogP contribution in [0.3, 0.4) is 0 Å². The van der Waals surface area contributed by atoms with Crippen molar-refractivity contribution in [1.29, 1.82) is 0 Å². The highest BCUT2D eigenvalue weighted by Gasteiger charge is 2.37. The van der Waals surface area contributed by atoms with E-state index in [1.54, 1.807) is 0 Å². The number of thiazole rings is 1. The Hall–Kier alpha value is -1.19. The third-order valence-corrected chi connectivity index (χ3v) is 5.76. The number of nitrogens with zero attached hydrogens (tertiary/aromatic N) is 1. The fraction of sp³-hybridized carbons (Fsp3) is 0.471. The highest BCUT2D eigenvalue weighted by molar-refractivity contribution is 7.11. The first-order valence-electron chi connectivity index (χ1n) is 7.41. The van der Waals surface area contributed by atoms with Gasteiger partial charge in [0.1, 0.15) is 5.01 Å². The van der Waals surface area contributed by atoms with Gasteiger partial charge in [0.15, 0.2) is 0 Å². The molecule has 1 aliphatic rings. The lowest BCUT2D eigenvalue weighted by molar-refractivity contribution is 0.313. The number of aryl methyl sites for hydroxylation is 3. The van der Waals surface area contributed by atoms with E-state index >= 15 is 0 Å². The molecule has 1 atom stereocenters. The number of benzene rings is 1. The zero-order valence-corrected chi connectivity index (χ0v) is 13.3. The molecule has 1 heterocycles. The summed E-state index contributed by atoms with van der Waals surface area (Å²) in [5.74, 6) is 0. The second-order valence-electron chi connectivity index (χ2n) is 5.65. The summed E-state index contributed by atoms with van der Waals surface area (Å²) in [5, 5.41) is 4.85. The normalized spacial score (nSPS) is 21.8. The van der Waals surface area contributed by atoms with Gasteiger partial charge in [-0.2, -0.15) is 0 Å². The molecule has 0 saturated carbocycles. The standard InChI is InChI=1S/C17H22N2S/c1-4-15-12(2)20-16(19-15)17(18-3)10-9-13-7-5-6-8-14(13)11-17/h5-8,18H,4,9-11H2,1-3H3. The van der Waals surface area contributed by atoms with Gasteiger partial charge in [0.05, 0.1) is 11.2 Å². The smallest absolute Gasteiger partial charge is 0.114 e. The summed E-state index contributed by atoms with van der Waals surface area (Å²) in [6.07, 6.45) is 4.35. The van der Waals surface area contributed by atoms with Gasteiger partial charge in [0.2, 0.25) is 0 Å². The number of fused-ring (bicyclic) bond motifs is 1. The number of hydrogen-bond donors (Lipinski definition) is 1. The van der Waals surface area contributed by atoms with Gasteiger partial charge in [-0.05, 0) is 50.8 Å². The first kappa shape index (κ1) is 13.8. The minimum atomic E-state index is 0.0250. The van der Waals surface area contributed by atoms with Crippen molar-refractivity contribution in [2.75, 3.05) is 7.05 Å². The molecule has 3 rings (SSSR count). The molecule has 0 spiro atoms. The van der Waals surface area contributed by atoms with E-state index in [2.05, 4.69) is 50.5 Å². The van der Waals surface area contributed by atoms with Gasteiger partial charge in [-0.1, -0.05) is 31.2 Å². The lowest BCUT2D eigenvalue weighted by atomic mass is 9.78. The Labute approximate surface area is 125 Å². The Bertz CT molecular complexity index is 617. The van der Waals surface area contributed by atoms with E-state index in [1.165, 1.54) is 26.7 Å². The summed E-state index contributed by atoms with van der Waals surface area (Å²) in [6, 6.07) is 8.82. The second-order valence-corrected chi connectivity index (χ2v) is 6.86.